The fourth-order valence-electron chi connectivity index (χ4n) is 3.42. The molecule has 1 atom stereocenters. The Morgan fingerprint density at radius 3 is 2.59 bits per heavy atom. The summed E-state index contributed by atoms with van der Waals surface area (Å²) in [7, 11) is 0. The highest BCUT2D eigenvalue weighted by Crippen LogP contribution is 2.29. The van der Waals surface area contributed by atoms with Gasteiger partial charge in [-0.2, -0.15) is 0 Å². The molecule has 1 N–H and O–H groups in total. The molecular weight excluding hydrogens is 387 g/mol. The van der Waals surface area contributed by atoms with Crippen LogP contribution in [0.5, 0.6) is 5.75 Å². The number of hydrogen-bond donors (Lipinski definition) is 1. The fraction of sp³-hybridized carbons (Fsp3) is 0.625. The fourth-order valence-corrected chi connectivity index (χ4v) is 3.83. The monoisotopic (exact) mass is 410 g/mol. The molecule has 1 aromatic rings. The average Bonchev–Trinajstić information content (AvgIpc) is 2.49. The van der Waals surface area contributed by atoms with Crippen molar-refractivity contribution in [2.45, 2.75) is 32.4 Å². The van der Waals surface area contributed by atoms with Gasteiger partial charge in [-0.25, -0.2) is 0 Å². The molecule has 0 saturated carbocycles. The highest BCUT2D eigenvalue weighted by atomic mass is 79.9. The average molecular weight is 412 g/mol. The van der Waals surface area contributed by atoms with Crippen molar-refractivity contribution in [1.82, 2.24) is 10.2 Å². The molecule has 6 heteroatoms. The molecule has 0 aliphatic carbocycles. The Kier molecular flexibility index (Phi) is 8.50. The van der Waals surface area contributed by atoms with Crippen LogP contribution in [0, 0.1) is 5.92 Å². The maximum absolute atomic E-state index is 5.72. The third-order valence-corrected chi connectivity index (χ3v) is 5.03. The lowest BCUT2D eigenvalue weighted by Gasteiger charge is -2.45. The van der Waals surface area contributed by atoms with Gasteiger partial charge in [-0.1, -0.05) is 15.9 Å². The van der Waals surface area contributed by atoms with Crippen LogP contribution in [0.4, 0.5) is 0 Å². The van der Waals surface area contributed by atoms with Crippen LogP contribution in [0.3, 0.4) is 0 Å². The third kappa shape index (κ3) is 4.75. The maximum Gasteiger partial charge on any atom is 0.123 e. The van der Waals surface area contributed by atoms with Crippen LogP contribution in [0.1, 0.15) is 25.3 Å². The van der Waals surface area contributed by atoms with Crippen molar-refractivity contribution < 1.29 is 4.74 Å². The van der Waals surface area contributed by atoms with Gasteiger partial charge in [0.05, 0.1) is 6.61 Å². The van der Waals surface area contributed by atoms with Crippen LogP contribution in [0.15, 0.2) is 22.7 Å². The van der Waals surface area contributed by atoms with Crippen molar-refractivity contribution in [3.63, 3.8) is 0 Å². The number of halogens is 3. The minimum atomic E-state index is 0. The lowest BCUT2D eigenvalue weighted by Crippen LogP contribution is -2.55. The minimum Gasteiger partial charge on any atom is -0.494 e. The van der Waals surface area contributed by atoms with Crippen molar-refractivity contribution in [2.75, 3.05) is 26.2 Å². The molecule has 4 rings (SSSR count). The molecule has 126 valence electrons. The van der Waals surface area contributed by atoms with Gasteiger partial charge in [0.15, 0.2) is 0 Å². The molecule has 3 aliphatic rings. The summed E-state index contributed by atoms with van der Waals surface area (Å²) in [5.41, 5.74) is 1.25. The van der Waals surface area contributed by atoms with Gasteiger partial charge in [-0.3, -0.25) is 0 Å². The van der Waals surface area contributed by atoms with E-state index in [1.54, 1.807) is 0 Å². The SMILES string of the molecule is CCOc1ccc(Br)cc1CNC1CN2CCC1CC2.Cl.Cl. The first-order chi connectivity index (χ1) is 9.76. The Morgan fingerprint density at radius 1 is 1.27 bits per heavy atom. The zero-order chi connectivity index (χ0) is 13.9. The molecule has 1 aromatic carbocycles. The summed E-state index contributed by atoms with van der Waals surface area (Å²) in [5, 5.41) is 3.75. The van der Waals surface area contributed by atoms with E-state index in [2.05, 4.69) is 38.3 Å². The van der Waals surface area contributed by atoms with Gasteiger partial charge < -0.3 is 15.0 Å². The summed E-state index contributed by atoms with van der Waals surface area (Å²) in [6, 6.07) is 6.91. The molecule has 3 saturated heterocycles. The molecule has 22 heavy (non-hydrogen) atoms. The van der Waals surface area contributed by atoms with Crippen LogP contribution < -0.4 is 10.1 Å². The second-order valence-corrected chi connectivity index (χ2v) is 6.73. The predicted molar refractivity (Wildman–Crippen MR) is 99.6 cm³/mol. The second-order valence-electron chi connectivity index (χ2n) is 5.81. The maximum atomic E-state index is 5.72. The Labute approximate surface area is 154 Å². The van der Waals surface area contributed by atoms with Crippen molar-refractivity contribution in [3.05, 3.63) is 28.2 Å². The number of ether oxygens (including phenoxy) is 1. The quantitative estimate of drug-likeness (QED) is 0.795. The molecule has 0 radical (unpaired) electrons. The molecule has 3 nitrogen and oxygen atoms in total. The Balaban J connectivity index is 0.00000121. The number of benzene rings is 1. The van der Waals surface area contributed by atoms with Gasteiger partial charge in [-0.05, 0) is 57.0 Å². The molecule has 3 heterocycles. The van der Waals surface area contributed by atoms with Crippen LogP contribution in [0.25, 0.3) is 0 Å². The van der Waals surface area contributed by atoms with Crippen molar-refractivity contribution in [3.8, 4) is 5.75 Å². The first kappa shape index (κ1) is 20.0. The van der Waals surface area contributed by atoms with Crippen LogP contribution in [0.2, 0.25) is 0 Å². The zero-order valence-electron chi connectivity index (χ0n) is 12.9. The highest BCUT2D eigenvalue weighted by Gasteiger charge is 2.33. The van der Waals surface area contributed by atoms with E-state index in [4.69, 9.17) is 4.74 Å². The lowest BCUT2D eigenvalue weighted by molar-refractivity contribution is 0.0719. The van der Waals surface area contributed by atoms with Gasteiger partial charge in [-0.15, -0.1) is 24.8 Å². The minimum absolute atomic E-state index is 0. The van der Waals surface area contributed by atoms with Gasteiger partial charge in [0.1, 0.15) is 5.75 Å². The zero-order valence-corrected chi connectivity index (χ0v) is 16.1. The molecular formula is C16H25BrCl2N2O. The summed E-state index contributed by atoms with van der Waals surface area (Å²) in [5.74, 6) is 1.87. The van der Waals surface area contributed by atoms with E-state index >= 15 is 0 Å². The normalized spacial score (nSPS) is 26.0. The molecule has 2 bridgehead atoms. The number of fused-ring (bicyclic) bond motifs is 3. The van der Waals surface area contributed by atoms with E-state index in [-0.39, 0.29) is 24.8 Å². The van der Waals surface area contributed by atoms with E-state index in [9.17, 15) is 0 Å². The molecule has 3 fully saturated rings. The van der Waals surface area contributed by atoms with Gasteiger partial charge in [0.25, 0.3) is 0 Å². The van der Waals surface area contributed by atoms with E-state index < -0.39 is 0 Å². The predicted octanol–water partition coefficient (Wildman–Crippen LogP) is 3.88. The standard InChI is InChI=1S/C16H23BrN2O.2ClH/c1-2-20-16-4-3-14(17)9-13(16)10-18-15-11-19-7-5-12(15)6-8-19;;/h3-4,9,12,15,18H,2,5-8,10-11H2,1H3;2*1H. The third-order valence-electron chi connectivity index (χ3n) is 4.53. The smallest absolute Gasteiger partial charge is 0.123 e. The van der Waals surface area contributed by atoms with E-state index in [0.29, 0.717) is 12.6 Å². The second kappa shape index (κ2) is 9.33. The summed E-state index contributed by atoms with van der Waals surface area (Å²) in [6.07, 6.45) is 2.71. The summed E-state index contributed by atoms with van der Waals surface area (Å²) in [6.45, 7) is 7.45. The van der Waals surface area contributed by atoms with Crippen molar-refractivity contribution in [1.29, 1.82) is 0 Å². The molecule has 0 aromatic heterocycles. The topological polar surface area (TPSA) is 24.5 Å². The van der Waals surface area contributed by atoms with E-state index in [1.807, 2.05) is 13.0 Å². The van der Waals surface area contributed by atoms with Gasteiger partial charge in [0, 0.05) is 29.2 Å². The molecule has 0 spiro atoms. The molecule has 0 amide bonds. The van der Waals surface area contributed by atoms with Crippen LogP contribution >= 0.6 is 40.7 Å². The van der Waals surface area contributed by atoms with E-state index in [0.717, 1.165) is 22.7 Å². The Hall–Kier alpha value is -0.000000000000000222. The Morgan fingerprint density at radius 2 is 2.00 bits per heavy atom. The number of nitrogens with one attached hydrogen (secondary N) is 1. The molecule has 3 aliphatic heterocycles. The van der Waals surface area contributed by atoms with Crippen LogP contribution in [-0.2, 0) is 6.54 Å². The largest absolute Gasteiger partial charge is 0.494 e. The summed E-state index contributed by atoms with van der Waals surface area (Å²) < 4.78 is 6.84. The van der Waals surface area contributed by atoms with Crippen LogP contribution in [-0.4, -0.2) is 37.2 Å². The number of piperidine rings is 3. The Bertz CT molecular complexity index is 467. The summed E-state index contributed by atoms with van der Waals surface area (Å²) >= 11 is 3.55. The van der Waals surface area contributed by atoms with Gasteiger partial charge >= 0.3 is 0 Å². The highest BCUT2D eigenvalue weighted by molar-refractivity contribution is 9.10. The number of nitrogens with zero attached hydrogens (tertiary/aromatic N) is 1. The summed E-state index contributed by atoms with van der Waals surface area (Å²) in [4.78, 5) is 2.59. The first-order valence-electron chi connectivity index (χ1n) is 7.63. The molecule has 1 unspecified atom stereocenters. The first-order valence-corrected chi connectivity index (χ1v) is 8.42. The van der Waals surface area contributed by atoms with Gasteiger partial charge in [0.2, 0.25) is 0 Å². The lowest BCUT2D eigenvalue weighted by atomic mass is 9.84. The van der Waals surface area contributed by atoms with E-state index in [1.165, 1.54) is 38.0 Å². The number of hydrogen-bond acceptors (Lipinski definition) is 3. The van der Waals surface area contributed by atoms with Crippen molar-refractivity contribution in [2.24, 2.45) is 5.92 Å². The van der Waals surface area contributed by atoms with Crippen molar-refractivity contribution >= 4 is 40.7 Å². The number of rotatable bonds is 5.